The molecule has 0 bridgehead atoms. The summed E-state index contributed by atoms with van der Waals surface area (Å²) in [7, 11) is 1.61. The Balaban J connectivity index is 2.43. The van der Waals surface area contributed by atoms with Crippen molar-refractivity contribution in [2.24, 2.45) is 5.73 Å². The van der Waals surface area contributed by atoms with Gasteiger partial charge < -0.3 is 15.2 Å². The first kappa shape index (κ1) is 15.4. The van der Waals surface area contributed by atoms with Gasteiger partial charge in [0.05, 0.1) is 12.7 Å². The average molecular weight is 349 g/mol. The molecule has 0 fully saturated rings. The smallest absolute Gasteiger partial charge is 0.169 e. The Morgan fingerprint density at radius 2 is 1.95 bits per heavy atom. The first-order valence-corrected chi connectivity index (χ1v) is 7.33. The summed E-state index contributed by atoms with van der Waals surface area (Å²) in [6.07, 6.45) is 0.923. The van der Waals surface area contributed by atoms with Gasteiger partial charge >= 0.3 is 0 Å². The van der Waals surface area contributed by atoms with Crippen LogP contribution in [0.2, 0.25) is 0 Å². The molecule has 0 unspecified atom stereocenters. The molecule has 2 rings (SSSR count). The topological polar surface area (TPSA) is 68.3 Å². The summed E-state index contributed by atoms with van der Waals surface area (Å²) in [5.41, 5.74) is 7.32. The van der Waals surface area contributed by atoms with E-state index in [1.807, 2.05) is 30.3 Å². The second-order valence-corrected chi connectivity index (χ2v) is 5.32. The van der Waals surface area contributed by atoms with E-state index < -0.39 is 0 Å². The van der Waals surface area contributed by atoms with Gasteiger partial charge in [-0.25, -0.2) is 0 Å². The molecule has 0 radical (unpaired) electrons. The summed E-state index contributed by atoms with van der Waals surface area (Å²) in [4.78, 5) is 0. The van der Waals surface area contributed by atoms with Crippen LogP contribution in [0.15, 0.2) is 40.9 Å². The molecule has 21 heavy (non-hydrogen) atoms. The third kappa shape index (κ3) is 3.36. The van der Waals surface area contributed by atoms with Gasteiger partial charge in [0.2, 0.25) is 0 Å². The highest BCUT2D eigenvalue weighted by molar-refractivity contribution is 9.10. The molecular weight excluding hydrogens is 332 g/mol. The van der Waals surface area contributed by atoms with Crippen LogP contribution < -0.4 is 15.2 Å². The fourth-order valence-electron chi connectivity index (χ4n) is 1.99. The lowest BCUT2D eigenvalue weighted by Gasteiger charge is -2.14. The van der Waals surface area contributed by atoms with E-state index >= 15 is 0 Å². The lowest BCUT2D eigenvalue weighted by Crippen LogP contribution is -2.13. The van der Waals surface area contributed by atoms with Gasteiger partial charge in [-0.2, -0.15) is 0 Å². The number of amidine groups is 1. The largest absolute Gasteiger partial charge is 0.493 e. The summed E-state index contributed by atoms with van der Waals surface area (Å²) < 4.78 is 12.0. The van der Waals surface area contributed by atoms with Gasteiger partial charge in [0.1, 0.15) is 11.6 Å². The van der Waals surface area contributed by atoms with E-state index in [1.165, 1.54) is 5.56 Å². The van der Waals surface area contributed by atoms with Crippen LogP contribution in [-0.2, 0) is 6.42 Å². The lowest BCUT2D eigenvalue weighted by atomic mass is 10.1. The highest BCUT2D eigenvalue weighted by Gasteiger charge is 2.14. The molecule has 0 aliphatic carbocycles. The van der Waals surface area contributed by atoms with Gasteiger partial charge in [0.15, 0.2) is 11.5 Å². The number of nitrogens with one attached hydrogen (secondary N) is 1. The van der Waals surface area contributed by atoms with E-state index in [-0.39, 0.29) is 5.84 Å². The monoisotopic (exact) mass is 348 g/mol. The normalized spacial score (nSPS) is 10.2. The van der Waals surface area contributed by atoms with Crippen LogP contribution in [0.1, 0.15) is 18.1 Å². The minimum Gasteiger partial charge on any atom is -0.493 e. The maximum Gasteiger partial charge on any atom is 0.169 e. The molecular formula is C16H17BrN2O2. The van der Waals surface area contributed by atoms with Crippen molar-refractivity contribution >= 4 is 21.8 Å². The Labute approximate surface area is 132 Å². The number of rotatable bonds is 5. The molecule has 2 aromatic carbocycles. The molecule has 0 heterocycles. The van der Waals surface area contributed by atoms with Crippen molar-refractivity contribution in [3.63, 3.8) is 0 Å². The Morgan fingerprint density at radius 3 is 2.57 bits per heavy atom. The third-order valence-electron chi connectivity index (χ3n) is 3.10. The Bertz CT molecular complexity index is 671. The Hall–Kier alpha value is -2.01. The van der Waals surface area contributed by atoms with Gasteiger partial charge in [0.25, 0.3) is 0 Å². The number of hydrogen-bond donors (Lipinski definition) is 2. The van der Waals surface area contributed by atoms with Crippen molar-refractivity contribution in [2.75, 3.05) is 7.11 Å². The first-order valence-electron chi connectivity index (χ1n) is 6.54. The molecule has 0 spiro atoms. The number of nitrogen functional groups attached to an aromatic ring is 1. The highest BCUT2D eigenvalue weighted by Crippen LogP contribution is 2.35. The van der Waals surface area contributed by atoms with Crippen LogP contribution in [0.4, 0.5) is 0 Å². The quantitative estimate of drug-likeness (QED) is 0.631. The molecule has 0 saturated heterocycles. The van der Waals surface area contributed by atoms with Crippen LogP contribution in [0.3, 0.4) is 0 Å². The molecule has 0 aliphatic rings. The molecule has 0 atom stereocenters. The molecule has 110 valence electrons. The van der Waals surface area contributed by atoms with Gasteiger partial charge in [-0.3, -0.25) is 5.41 Å². The summed E-state index contributed by atoms with van der Waals surface area (Å²) in [5.74, 6) is 1.71. The second kappa shape index (κ2) is 6.63. The van der Waals surface area contributed by atoms with Crippen molar-refractivity contribution in [1.82, 2.24) is 0 Å². The van der Waals surface area contributed by atoms with Crippen LogP contribution in [-0.4, -0.2) is 12.9 Å². The number of aryl methyl sites for hydroxylation is 1. The lowest BCUT2D eigenvalue weighted by molar-refractivity contribution is 0.378. The summed E-state index contributed by atoms with van der Waals surface area (Å²) in [6.45, 7) is 2.08. The summed E-state index contributed by atoms with van der Waals surface area (Å²) in [5, 5.41) is 7.68. The van der Waals surface area contributed by atoms with Crippen LogP contribution in [0, 0.1) is 5.41 Å². The zero-order valence-corrected chi connectivity index (χ0v) is 13.5. The maximum atomic E-state index is 7.68. The molecule has 0 aliphatic heterocycles. The number of ether oxygens (including phenoxy) is 2. The standard InChI is InChI=1S/C16H17BrN2O2/c1-3-10-7-8-12(14(9-10)20-2)21-13-6-4-5-11(17)15(13)16(18)19/h4-9H,3H2,1-2H3,(H3,18,19). The average Bonchev–Trinajstić information content (AvgIpc) is 2.47. The van der Waals surface area contributed by atoms with E-state index in [2.05, 4.69) is 22.9 Å². The Morgan fingerprint density at radius 1 is 1.19 bits per heavy atom. The molecule has 0 aromatic heterocycles. The molecule has 0 amide bonds. The van der Waals surface area contributed by atoms with Gasteiger partial charge in [-0.1, -0.05) is 19.1 Å². The molecule has 2 aromatic rings. The molecule has 3 N–H and O–H groups in total. The van der Waals surface area contributed by atoms with Gasteiger partial charge in [-0.05, 0) is 52.2 Å². The number of benzene rings is 2. The third-order valence-corrected chi connectivity index (χ3v) is 3.76. The predicted molar refractivity (Wildman–Crippen MR) is 87.6 cm³/mol. The first-order chi connectivity index (χ1) is 10.1. The SMILES string of the molecule is CCc1ccc(Oc2cccc(Br)c2C(=N)N)c(OC)c1. The zero-order chi connectivity index (χ0) is 15.4. The van der Waals surface area contributed by atoms with E-state index in [4.69, 9.17) is 20.6 Å². The fourth-order valence-corrected chi connectivity index (χ4v) is 2.55. The zero-order valence-electron chi connectivity index (χ0n) is 11.9. The summed E-state index contributed by atoms with van der Waals surface area (Å²) in [6, 6.07) is 11.2. The number of nitrogens with two attached hydrogens (primary N) is 1. The minimum atomic E-state index is -0.0541. The van der Waals surface area contributed by atoms with Crippen molar-refractivity contribution < 1.29 is 9.47 Å². The van der Waals surface area contributed by atoms with E-state index in [9.17, 15) is 0 Å². The predicted octanol–water partition coefficient (Wildman–Crippen LogP) is 4.10. The van der Waals surface area contributed by atoms with E-state index in [0.29, 0.717) is 22.8 Å². The molecule has 5 heteroatoms. The van der Waals surface area contributed by atoms with Crippen molar-refractivity contribution in [2.45, 2.75) is 13.3 Å². The number of hydrogen-bond acceptors (Lipinski definition) is 3. The van der Waals surface area contributed by atoms with E-state index in [0.717, 1.165) is 10.9 Å². The van der Waals surface area contributed by atoms with Crippen LogP contribution in [0.25, 0.3) is 0 Å². The summed E-state index contributed by atoms with van der Waals surface area (Å²) >= 11 is 3.39. The Kier molecular flexibility index (Phi) is 4.85. The van der Waals surface area contributed by atoms with Crippen molar-refractivity contribution in [1.29, 1.82) is 5.41 Å². The van der Waals surface area contributed by atoms with Crippen LogP contribution in [0.5, 0.6) is 17.2 Å². The van der Waals surface area contributed by atoms with Crippen molar-refractivity contribution in [3.8, 4) is 17.2 Å². The van der Waals surface area contributed by atoms with Gasteiger partial charge in [0, 0.05) is 4.47 Å². The maximum absolute atomic E-state index is 7.68. The second-order valence-electron chi connectivity index (χ2n) is 4.47. The molecule has 0 saturated carbocycles. The minimum absolute atomic E-state index is 0.0541. The highest BCUT2D eigenvalue weighted by atomic mass is 79.9. The molecule has 4 nitrogen and oxygen atoms in total. The van der Waals surface area contributed by atoms with Crippen molar-refractivity contribution in [3.05, 3.63) is 52.0 Å². The fraction of sp³-hybridized carbons (Fsp3) is 0.188. The van der Waals surface area contributed by atoms with Crippen LogP contribution >= 0.6 is 15.9 Å². The van der Waals surface area contributed by atoms with E-state index in [1.54, 1.807) is 13.2 Å². The number of halogens is 1. The number of methoxy groups -OCH3 is 1. The van der Waals surface area contributed by atoms with Gasteiger partial charge in [-0.15, -0.1) is 0 Å².